The van der Waals surface area contributed by atoms with Gasteiger partial charge in [0.15, 0.2) is 0 Å². The average Bonchev–Trinajstić information content (AvgIpc) is 2.26. The predicted molar refractivity (Wildman–Crippen MR) is 172 cm³/mol. The van der Waals surface area contributed by atoms with Crippen molar-refractivity contribution in [2.75, 3.05) is 0 Å². The van der Waals surface area contributed by atoms with Crippen LogP contribution in [0, 0.1) is 0 Å². The van der Waals surface area contributed by atoms with Gasteiger partial charge in [-0.1, -0.05) is 0 Å². The van der Waals surface area contributed by atoms with E-state index in [1.54, 1.807) is 0 Å². The van der Waals surface area contributed by atoms with Crippen molar-refractivity contribution in [1.82, 2.24) is 0 Å². The van der Waals surface area contributed by atoms with Gasteiger partial charge in [-0.05, 0) is 0 Å². The average molecular weight is 1230 g/mol. The summed E-state index contributed by atoms with van der Waals surface area (Å²) >= 11 is 12.0. The molecule has 0 aromatic heterocycles. The van der Waals surface area contributed by atoms with Gasteiger partial charge in [0, 0.05) is 0 Å². The van der Waals surface area contributed by atoms with Crippen molar-refractivity contribution in [3.8, 4) is 0 Å². The lowest BCUT2D eigenvalue weighted by atomic mass is 28.1. The molecular weight excluding hydrogens is 1210 g/mol. The molecule has 0 unspecified atom stereocenters. The van der Waals surface area contributed by atoms with Gasteiger partial charge >= 0.3 is 0 Å². The summed E-state index contributed by atoms with van der Waals surface area (Å²) in [6.07, 6.45) is 0. The summed E-state index contributed by atoms with van der Waals surface area (Å²) in [4.78, 5) is 0. The Morgan fingerprint density at radius 1 is 0.467 bits per heavy atom. The summed E-state index contributed by atoms with van der Waals surface area (Å²) in [7, 11) is 0. The Bertz CT molecular complexity index is 99.2. The lowest BCUT2D eigenvalue weighted by molar-refractivity contribution is 5.32. The number of hydrogen-bond donors (Lipinski definition) is 0. The molecule has 0 nitrogen and oxygen atoms in total. The number of halogens is 8. The fraction of sp³-hybridized carbons (Fsp3) is 0. The third-order valence-electron chi connectivity index (χ3n) is 0.857. The molecular formula is H14I8Si7. The first-order valence-corrected chi connectivity index (χ1v) is 75.3. The smallest absolute Gasteiger partial charge is 0.146 e. The molecule has 0 heterocycles. The van der Waals surface area contributed by atoms with E-state index in [9.17, 15) is 0 Å². The molecule has 0 aliphatic rings. The molecule has 0 amide bonds. The highest BCUT2D eigenvalue weighted by molar-refractivity contribution is 14.5. The van der Waals surface area contributed by atoms with Crippen LogP contribution in [0.25, 0.3) is 0 Å². The van der Waals surface area contributed by atoms with Crippen LogP contribution in [0.4, 0.5) is 0 Å². The van der Waals surface area contributed by atoms with Gasteiger partial charge in [-0.2, -0.15) is 118 Å². The van der Waals surface area contributed by atoms with Crippen LogP contribution in [0.2, 0.25) is 0 Å². The molecule has 15 heavy (non-hydrogen) atoms. The highest BCUT2D eigenvalue weighted by atomic mass is 127. The van der Waals surface area contributed by atoms with E-state index in [0.29, 0.717) is 9.03 Å². The fourth-order valence-electron chi connectivity index (χ4n) is 0.415. The van der Waals surface area contributed by atoms with E-state index in [-0.39, 0.29) is 0 Å². The molecule has 0 atom stereocenters. The Kier molecular flexibility index (Phi) is 31.8. The molecule has 0 spiro atoms. The first-order valence-electron chi connectivity index (χ1n) is 3.74. The van der Waals surface area contributed by atoms with E-state index in [0.717, 1.165) is 140 Å². The molecule has 6 radical (unpaired) electrons. The van der Waals surface area contributed by atoms with Crippen LogP contribution in [-0.4, -0.2) is 31.6 Å². The van der Waals surface area contributed by atoms with E-state index in [1.165, 1.54) is 0 Å². The zero-order valence-electron chi connectivity index (χ0n) is 7.97. The Labute approximate surface area is 186 Å². The topological polar surface area (TPSA) is 0 Å². The van der Waals surface area contributed by atoms with Gasteiger partial charge in [-0.15, -0.1) is 43.6 Å². The molecule has 0 fully saturated rings. The first kappa shape index (κ1) is 22.4. The van der Waals surface area contributed by atoms with Crippen LogP contribution >= 0.6 is 161 Å². The minimum absolute atomic E-state index is 0.601. The lowest BCUT2D eigenvalue weighted by Gasteiger charge is -2.00. The van der Waals surface area contributed by atoms with E-state index in [2.05, 4.69) is 43.6 Å². The Hall–Kier alpha value is 7.36. The number of hydrogen-bond acceptors (Lipinski definition) is 0. The fourth-order valence-corrected chi connectivity index (χ4v) is 747. The van der Waals surface area contributed by atoms with Crippen LogP contribution in [-0.2, 0) is 0 Å². The van der Waals surface area contributed by atoms with Crippen molar-refractivity contribution in [2.24, 2.45) is 0 Å². The maximum absolute atomic E-state index is 2.77. The highest BCUT2D eigenvalue weighted by Crippen LogP contribution is 2.32. The Balaban J connectivity index is 2.81. The second kappa shape index (κ2) is 21.4. The molecule has 0 aliphatic heterocycles. The quantitative estimate of drug-likeness (QED) is 0.117. The van der Waals surface area contributed by atoms with Gasteiger partial charge in [-0.25, -0.2) is 0 Å². The maximum atomic E-state index is 2.77. The summed E-state index contributed by atoms with van der Waals surface area (Å²) in [5, 5.41) is 0. The second-order valence-corrected chi connectivity index (χ2v) is 164. The second-order valence-electron chi connectivity index (χ2n) is 1.84. The van der Waals surface area contributed by atoms with Gasteiger partial charge < -0.3 is 0 Å². The van der Waals surface area contributed by atoms with Crippen LogP contribution < -0.4 is 0 Å². The molecule has 0 saturated heterocycles. The normalized spacial score (nSPS) is 16.4. The predicted octanol–water partition coefficient (Wildman–Crippen LogP) is 0.672. The molecule has 0 saturated carbocycles. The maximum Gasteiger partial charge on any atom is 0.146 e. The molecule has 0 aromatic carbocycles. The van der Waals surface area contributed by atoms with Crippen molar-refractivity contribution >= 4 is 193 Å². The first-order chi connectivity index (χ1) is 7.41. The van der Waals surface area contributed by atoms with Crippen molar-refractivity contribution in [3.05, 3.63) is 0 Å². The summed E-state index contributed by atoms with van der Waals surface area (Å²) < 4.78 is 5.26. The van der Waals surface area contributed by atoms with Gasteiger partial charge in [0.1, 0.15) is 31.6 Å². The van der Waals surface area contributed by atoms with Crippen LogP contribution in [0.1, 0.15) is 0 Å². The summed E-state index contributed by atoms with van der Waals surface area (Å²) in [6, 6.07) is 0. The van der Waals surface area contributed by atoms with Gasteiger partial charge in [0.25, 0.3) is 0 Å². The molecule has 0 rings (SSSR count). The third kappa shape index (κ3) is 21.4. The summed E-state index contributed by atoms with van der Waals surface area (Å²) in [6.45, 7) is 0. The van der Waals surface area contributed by atoms with E-state index >= 15 is 0 Å². The van der Waals surface area contributed by atoms with Crippen molar-refractivity contribution in [2.45, 2.75) is 0 Å². The van der Waals surface area contributed by atoms with Crippen molar-refractivity contribution in [1.29, 1.82) is 0 Å². The number of rotatable bonds is 12. The minimum atomic E-state index is 0.601. The molecule has 0 aliphatic carbocycles. The van der Waals surface area contributed by atoms with Crippen LogP contribution in [0.3, 0.4) is 0 Å². The lowest BCUT2D eigenvalue weighted by Crippen LogP contribution is -1.81. The van der Waals surface area contributed by atoms with Gasteiger partial charge in [0.05, 0.1) is 0 Å². The van der Waals surface area contributed by atoms with Crippen molar-refractivity contribution < 1.29 is 0 Å². The SMILES string of the molecule is I[SiH2][I][SiH2][I][SiH2][I][SiH2][I][SiH2][I][SiH2][I][SiH2]I. The Morgan fingerprint density at radius 3 is 1.00 bits per heavy atom. The Morgan fingerprint density at radius 2 is 0.733 bits per heavy atom. The van der Waals surface area contributed by atoms with Crippen LogP contribution in [0.15, 0.2) is 0 Å². The molecule has 0 bridgehead atoms. The molecule has 15 heteroatoms. The highest BCUT2D eigenvalue weighted by Gasteiger charge is 1.95. The summed E-state index contributed by atoms with van der Waals surface area (Å²) in [5.41, 5.74) is 0. The van der Waals surface area contributed by atoms with Crippen LogP contribution in [0.5, 0.6) is 0 Å². The largest absolute Gasteiger partial charge is 0.190 e. The van der Waals surface area contributed by atoms with E-state index in [4.69, 9.17) is 0 Å². The summed E-state index contributed by atoms with van der Waals surface area (Å²) in [5.74, 6) is 0. The monoisotopic (exact) mass is 1230 g/mol. The molecule has 0 N–H and O–H groups in total. The molecule has 0 aromatic rings. The van der Waals surface area contributed by atoms with Gasteiger partial charge in [0.2, 0.25) is 0 Å². The zero-order chi connectivity index (χ0) is 11.2. The zero-order valence-corrected chi connectivity index (χ0v) is 35.1. The van der Waals surface area contributed by atoms with E-state index in [1.807, 2.05) is 0 Å². The standard InChI is InChI=1S/H14I8Si7/c1-9-3-11-5-13-7-15-8-14-6-12-4-10-2/h9-15H2. The van der Waals surface area contributed by atoms with Crippen molar-refractivity contribution in [3.63, 3.8) is 0 Å². The van der Waals surface area contributed by atoms with E-state index < -0.39 is 0 Å². The minimum Gasteiger partial charge on any atom is -0.190 e. The van der Waals surface area contributed by atoms with Gasteiger partial charge in [-0.3, -0.25) is 0 Å². The molecule has 98 valence electrons. The third-order valence-corrected chi connectivity index (χ3v) is 347.